The van der Waals surface area contributed by atoms with Crippen molar-refractivity contribution >= 4 is 34.7 Å². The van der Waals surface area contributed by atoms with Gasteiger partial charge >= 0.3 is 0 Å². The largest absolute Gasteiger partial charge is 0.325 e. The van der Waals surface area contributed by atoms with Gasteiger partial charge in [-0.1, -0.05) is 23.9 Å². The summed E-state index contributed by atoms with van der Waals surface area (Å²) in [6.45, 7) is 7.88. The number of anilines is 1. The van der Waals surface area contributed by atoms with Crippen molar-refractivity contribution in [3.63, 3.8) is 0 Å². The Balaban J connectivity index is 2.02. The van der Waals surface area contributed by atoms with Crippen molar-refractivity contribution in [1.82, 2.24) is 4.98 Å². The van der Waals surface area contributed by atoms with Crippen LogP contribution in [0.4, 0.5) is 5.69 Å². The third-order valence-electron chi connectivity index (χ3n) is 2.90. The molecule has 0 saturated carbocycles. The summed E-state index contributed by atoms with van der Waals surface area (Å²) in [6, 6.07) is 6.06. The zero-order valence-corrected chi connectivity index (χ0v) is 13.7. The first-order valence-corrected chi connectivity index (χ1v) is 8.18. The van der Waals surface area contributed by atoms with Gasteiger partial charge in [-0.25, -0.2) is 4.98 Å². The summed E-state index contributed by atoms with van der Waals surface area (Å²) in [6.07, 6.45) is 0. The van der Waals surface area contributed by atoms with E-state index < -0.39 is 0 Å². The Labute approximate surface area is 127 Å². The summed E-state index contributed by atoms with van der Waals surface area (Å²) in [7, 11) is 0. The minimum absolute atomic E-state index is 0.0107. The normalized spacial score (nSPS) is 12.2. The fourth-order valence-corrected chi connectivity index (χ4v) is 3.68. The van der Waals surface area contributed by atoms with E-state index in [1.165, 1.54) is 11.8 Å². The Morgan fingerprint density at radius 3 is 2.75 bits per heavy atom. The molecule has 1 heterocycles. The van der Waals surface area contributed by atoms with Gasteiger partial charge in [0.25, 0.3) is 0 Å². The summed E-state index contributed by atoms with van der Waals surface area (Å²) in [5.41, 5.74) is 4.10. The summed E-state index contributed by atoms with van der Waals surface area (Å²) < 4.78 is 0.936. The van der Waals surface area contributed by atoms with Crippen LogP contribution in [0.25, 0.3) is 0 Å². The van der Waals surface area contributed by atoms with E-state index in [0.29, 0.717) is 0 Å². The maximum atomic E-state index is 12.2. The number of carbonyl (C=O) groups excluding carboxylic acids is 1. The lowest BCUT2D eigenvalue weighted by molar-refractivity contribution is -0.115. The van der Waals surface area contributed by atoms with Gasteiger partial charge in [-0.3, -0.25) is 4.79 Å². The van der Waals surface area contributed by atoms with E-state index >= 15 is 0 Å². The van der Waals surface area contributed by atoms with Crippen LogP contribution in [-0.2, 0) is 4.79 Å². The average molecular weight is 306 g/mol. The third kappa shape index (κ3) is 3.84. The van der Waals surface area contributed by atoms with Crippen molar-refractivity contribution in [3.8, 4) is 0 Å². The molecule has 1 N–H and O–H groups in total. The summed E-state index contributed by atoms with van der Waals surface area (Å²) in [4.78, 5) is 16.6. The first-order chi connectivity index (χ1) is 9.45. The highest BCUT2D eigenvalue weighted by molar-refractivity contribution is 8.02. The second-order valence-electron chi connectivity index (χ2n) is 4.82. The maximum absolute atomic E-state index is 12.2. The molecule has 1 atom stereocenters. The second kappa shape index (κ2) is 6.41. The van der Waals surface area contributed by atoms with Crippen LogP contribution in [0.5, 0.6) is 0 Å². The molecule has 0 saturated heterocycles. The molecule has 0 aliphatic heterocycles. The highest BCUT2D eigenvalue weighted by Gasteiger charge is 2.17. The lowest BCUT2D eigenvalue weighted by atomic mass is 10.1. The quantitative estimate of drug-likeness (QED) is 0.861. The summed E-state index contributed by atoms with van der Waals surface area (Å²) >= 11 is 3.08. The molecule has 0 bridgehead atoms. The van der Waals surface area contributed by atoms with Gasteiger partial charge in [0, 0.05) is 16.8 Å². The Kier molecular flexibility index (Phi) is 4.83. The molecular weight excluding hydrogens is 288 g/mol. The van der Waals surface area contributed by atoms with Crippen LogP contribution in [0.1, 0.15) is 23.7 Å². The summed E-state index contributed by atoms with van der Waals surface area (Å²) in [5.74, 6) is 0.0107. The molecule has 2 rings (SSSR count). The standard InChI is InChI=1S/C15H18N2OS2/c1-9-5-6-10(2)13(7-9)17-14(18)12(4)20-15-16-11(3)8-19-15/h5-8,12H,1-4H3,(H,17,18)/t12-/m1/s1. The number of nitrogens with zero attached hydrogens (tertiary/aromatic N) is 1. The number of aromatic nitrogens is 1. The van der Waals surface area contributed by atoms with Crippen LogP contribution in [-0.4, -0.2) is 16.1 Å². The number of aryl methyl sites for hydroxylation is 3. The Hall–Kier alpha value is -1.33. The fraction of sp³-hybridized carbons (Fsp3) is 0.333. The molecule has 0 spiro atoms. The van der Waals surface area contributed by atoms with E-state index in [1.807, 2.05) is 51.3 Å². The number of nitrogens with one attached hydrogen (secondary N) is 1. The third-order valence-corrected chi connectivity index (χ3v) is 5.09. The van der Waals surface area contributed by atoms with Gasteiger partial charge in [0.2, 0.25) is 5.91 Å². The zero-order valence-electron chi connectivity index (χ0n) is 12.1. The first-order valence-electron chi connectivity index (χ1n) is 6.42. The molecule has 20 heavy (non-hydrogen) atoms. The smallest absolute Gasteiger partial charge is 0.237 e. The number of benzene rings is 1. The minimum Gasteiger partial charge on any atom is -0.325 e. The predicted molar refractivity (Wildman–Crippen MR) is 86.7 cm³/mol. The SMILES string of the molecule is Cc1ccc(C)c(NC(=O)[C@@H](C)Sc2nc(C)cs2)c1. The van der Waals surface area contributed by atoms with Crippen LogP contribution in [0, 0.1) is 20.8 Å². The monoisotopic (exact) mass is 306 g/mol. The number of rotatable bonds is 4. The van der Waals surface area contributed by atoms with Crippen molar-refractivity contribution in [3.05, 3.63) is 40.4 Å². The molecule has 0 aliphatic rings. The van der Waals surface area contributed by atoms with Crippen LogP contribution < -0.4 is 5.32 Å². The van der Waals surface area contributed by atoms with Gasteiger partial charge in [-0.2, -0.15) is 0 Å². The highest BCUT2D eigenvalue weighted by atomic mass is 32.2. The molecule has 2 aromatic rings. The molecule has 0 aliphatic carbocycles. The van der Waals surface area contributed by atoms with Crippen LogP contribution in [0.3, 0.4) is 0 Å². The van der Waals surface area contributed by atoms with Gasteiger partial charge in [0.15, 0.2) is 4.34 Å². The van der Waals surface area contributed by atoms with E-state index in [0.717, 1.165) is 26.8 Å². The second-order valence-corrected chi connectivity index (χ2v) is 7.27. The van der Waals surface area contributed by atoms with Gasteiger partial charge in [0.05, 0.1) is 5.25 Å². The van der Waals surface area contributed by atoms with E-state index in [1.54, 1.807) is 11.3 Å². The topological polar surface area (TPSA) is 42.0 Å². The fourth-order valence-electron chi connectivity index (χ4n) is 1.70. The van der Waals surface area contributed by atoms with Crippen LogP contribution in [0.15, 0.2) is 27.9 Å². The van der Waals surface area contributed by atoms with Crippen LogP contribution >= 0.6 is 23.1 Å². The van der Waals surface area contributed by atoms with Crippen molar-refractivity contribution in [2.75, 3.05) is 5.32 Å². The molecule has 0 radical (unpaired) electrons. The van der Waals surface area contributed by atoms with Crippen molar-refractivity contribution in [2.45, 2.75) is 37.3 Å². The highest BCUT2D eigenvalue weighted by Crippen LogP contribution is 2.27. The minimum atomic E-state index is -0.166. The molecule has 1 aromatic heterocycles. The molecule has 5 heteroatoms. The Bertz CT molecular complexity index is 622. The zero-order chi connectivity index (χ0) is 14.7. The van der Waals surface area contributed by atoms with Crippen molar-refractivity contribution in [2.24, 2.45) is 0 Å². The number of hydrogen-bond acceptors (Lipinski definition) is 4. The van der Waals surface area contributed by atoms with E-state index in [-0.39, 0.29) is 11.2 Å². The number of thiazole rings is 1. The van der Waals surface area contributed by atoms with Gasteiger partial charge in [-0.15, -0.1) is 11.3 Å². The van der Waals surface area contributed by atoms with Crippen molar-refractivity contribution in [1.29, 1.82) is 0 Å². The Morgan fingerprint density at radius 1 is 1.35 bits per heavy atom. The molecule has 3 nitrogen and oxygen atoms in total. The molecular formula is C15H18N2OS2. The maximum Gasteiger partial charge on any atom is 0.237 e. The van der Waals surface area contributed by atoms with E-state index in [2.05, 4.69) is 10.3 Å². The number of hydrogen-bond donors (Lipinski definition) is 1. The average Bonchev–Trinajstić information content (AvgIpc) is 2.79. The molecule has 0 fully saturated rings. The molecule has 0 unspecified atom stereocenters. The van der Waals surface area contributed by atoms with E-state index in [4.69, 9.17) is 0 Å². The van der Waals surface area contributed by atoms with Gasteiger partial charge in [0.1, 0.15) is 0 Å². The predicted octanol–water partition coefficient (Wildman–Crippen LogP) is 4.19. The first kappa shape index (κ1) is 15.1. The van der Waals surface area contributed by atoms with Crippen molar-refractivity contribution < 1.29 is 4.79 Å². The number of amides is 1. The van der Waals surface area contributed by atoms with Gasteiger partial charge < -0.3 is 5.32 Å². The van der Waals surface area contributed by atoms with E-state index in [9.17, 15) is 4.79 Å². The lowest BCUT2D eigenvalue weighted by Gasteiger charge is -2.13. The molecule has 106 valence electrons. The van der Waals surface area contributed by atoms with Crippen LogP contribution in [0.2, 0.25) is 0 Å². The van der Waals surface area contributed by atoms with Gasteiger partial charge in [-0.05, 0) is 44.9 Å². The molecule has 1 aromatic carbocycles. The summed E-state index contributed by atoms with van der Waals surface area (Å²) in [5, 5.41) is 4.83. The number of thioether (sulfide) groups is 1. The molecule has 1 amide bonds. The Morgan fingerprint density at radius 2 is 2.10 bits per heavy atom. The number of carbonyl (C=O) groups is 1. The lowest BCUT2D eigenvalue weighted by Crippen LogP contribution is -2.22.